The highest BCUT2D eigenvalue weighted by Crippen LogP contribution is 2.25. The molecule has 1 saturated heterocycles. The smallest absolute Gasteiger partial charge is 0.172 e. The lowest BCUT2D eigenvalue weighted by Crippen LogP contribution is -2.40. The maximum absolute atomic E-state index is 6.05. The highest BCUT2D eigenvalue weighted by Gasteiger charge is 2.22. The van der Waals surface area contributed by atoms with Crippen LogP contribution in [0.3, 0.4) is 0 Å². The van der Waals surface area contributed by atoms with Crippen LogP contribution < -0.4 is 10.6 Å². The molecule has 1 fully saturated rings. The molecule has 2 N–H and O–H groups in total. The van der Waals surface area contributed by atoms with Gasteiger partial charge in [-0.05, 0) is 25.0 Å². The van der Waals surface area contributed by atoms with Gasteiger partial charge in [-0.3, -0.25) is 0 Å². The van der Waals surface area contributed by atoms with Crippen molar-refractivity contribution in [1.82, 2.24) is 9.97 Å². The first-order valence-corrected chi connectivity index (χ1v) is 6.58. The zero-order valence-electron chi connectivity index (χ0n) is 11.0. The summed E-state index contributed by atoms with van der Waals surface area (Å²) in [5.41, 5.74) is 7.77. The summed E-state index contributed by atoms with van der Waals surface area (Å²) in [4.78, 5) is 11.3. The molecule has 0 radical (unpaired) electrons. The lowest BCUT2D eigenvalue weighted by atomic mass is 10.1. The molecule has 1 aromatic heterocycles. The summed E-state index contributed by atoms with van der Waals surface area (Å²) in [6, 6.07) is 7.79. The third-order valence-electron chi connectivity index (χ3n) is 3.59. The van der Waals surface area contributed by atoms with E-state index in [-0.39, 0.29) is 6.10 Å². The van der Waals surface area contributed by atoms with E-state index in [0.29, 0.717) is 5.82 Å². The number of ether oxygens (including phenoxy) is 1. The number of piperidine rings is 1. The highest BCUT2D eigenvalue weighted by molar-refractivity contribution is 5.79. The second kappa shape index (κ2) is 5.01. The largest absolute Gasteiger partial charge is 0.381 e. The van der Waals surface area contributed by atoms with E-state index < -0.39 is 0 Å². The number of para-hydroxylation sites is 2. The fourth-order valence-corrected chi connectivity index (χ4v) is 2.56. The normalized spacial score (nSPS) is 19.8. The average Bonchev–Trinajstić information content (AvgIpc) is 2.46. The van der Waals surface area contributed by atoms with Gasteiger partial charge in [-0.15, -0.1) is 0 Å². The van der Waals surface area contributed by atoms with Crippen molar-refractivity contribution in [3.05, 3.63) is 24.3 Å². The molecule has 2 aromatic rings. The van der Waals surface area contributed by atoms with Gasteiger partial charge in [-0.25, -0.2) is 9.97 Å². The van der Waals surface area contributed by atoms with E-state index >= 15 is 0 Å². The molecule has 2 heterocycles. The van der Waals surface area contributed by atoms with Crippen molar-refractivity contribution < 1.29 is 4.74 Å². The quantitative estimate of drug-likeness (QED) is 0.890. The summed E-state index contributed by atoms with van der Waals surface area (Å²) in [6.45, 7) is 1.78. The Morgan fingerprint density at radius 1 is 1.26 bits per heavy atom. The fourth-order valence-electron chi connectivity index (χ4n) is 2.56. The Balaban J connectivity index is 1.97. The Hall–Kier alpha value is -1.88. The molecule has 5 nitrogen and oxygen atoms in total. The van der Waals surface area contributed by atoms with Gasteiger partial charge in [0, 0.05) is 20.2 Å². The lowest BCUT2D eigenvalue weighted by Gasteiger charge is -2.33. The number of nitrogens with two attached hydrogens (primary N) is 1. The summed E-state index contributed by atoms with van der Waals surface area (Å²) in [6.07, 6.45) is 2.43. The zero-order chi connectivity index (χ0) is 13.2. The minimum atomic E-state index is 0.251. The van der Waals surface area contributed by atoms with Crippen LogP contribution in [0.1, 0.15) is 12.8 Å². The van der Waals surface area contributed by atoms with Gasteiger partial charge in [-0.2, -0.15) is 0 Å². The molecule has 1 unspecified atom stereocenters. The van der Waals surface area contributed by atoms with E-state index in [9.17, 15) is 0 Å². The lowest BCUT2D eigenvalue weighted by molar-refractivity contribution is 0.0892. The van der Waals surface area contributed by atoms with E-state index in [1.54, 1.807) is 7.11 Å². The minimum Gasteiger partial charge on any atom is -0.381 e. The maximum Gasteiger partial charge on any atom is 0.172 e. The number of anilines is 2. The Labute approximate surface area is 112 Å². The minimum absolute atomic E-state index is 0.251. The average molecular weight is 258 g/mol. The van der Waals surface area contributed by atoms with Gasteiger partial charge in [0.2, 0.25) is 0 Å². The third kappa shape index (κ3) is 2.33. The molecule has 5 heteroatoms. The van der Waals surface area contributed by atoms with Crippen molar-refractivity contribution >= 4 is 22.7 Å². The SMILES string of the molecule is COC1CCCN(c2nc3ccccc3nc2N)C1. The van der Waals surface area contributed by atoms with Gasteiger partial charge >= 0.3 is 0 Å². The second-order valence-electron chi connectivity index (χ2n) is 4.87. The van der Waals surface area contributed by atoms with Crippen molar-refractivity contribution in [1.29, 1.82) is 0 Å². The number of hydrogen-bond acceptors (Lipinski definition) is 5. The molecule has 0 aliphatic carbocycles. The molecule has 3 rings (SSSR count). The number of methoxy groups -OCH3 is 1. The van der Waals surface area contributed by atoms with Crippen LogP contribution in [-0.4, -0.2) is 36.3 Å². The Morgan fingerprint density at radius 2 is 2.00 bits per heavy atom. The van der Waals surface area contributed by atoms with Crippen molar-refractivity contribution in [2.75, 3.05) is 30.8 Å². The van der Waals surface area contributed by atoms with E-state index in [2.05, 4.69) is 14.9 Å². The summed E-state index contributed by atoms with van der Waals surface area (Å²) in [5.74, 6) is 1.27. The third-order valence-corrected chi connectivity index (χ3v) is 3.59. The summed E-state index contributed by atoms with van der Waals surface area (Å²) in [7, 11) is 1.75. The summed E-state index contributed by atoms with van der Waals surface area (Å²) < 4.78 is 5.44. The molecular formula is C14H18N4O. The van der Waals surface area contributed by atoms with Crippen LogP contribution in [0.15, 0.2) is 24.3 Å². The van der Waals surface area contributed by atoms with Crippen LogP contribution >= 0.6 is 0 Å². The number of nitrogens with zero attached hydrogens (tertiary/aromatic N) is 3. The van der Waals surface area contributed by atoms with Gasteiger partial charge in [0.05, 0.1) is 17.1 Å². The number of rotatable bonds is 2. The van der Waals surface area contributed by atoms with Gasteiger partial charge in [0.1, 0.15) is 0 Å². The van der Waals surface area contributed by atoms with Crippen LogP contribution in [0.25, 0.3) is 11.0 Å². The zero-order valence-corrected chi connectivity index (χ0v) is 11.0. The topological polar surface area (TPSA) is 64.3 Å². The highest BCUT2D eigenvalue weighted by atomic mass is 16.5. The van der Waals surface area contributed by atoms with Crippen molar-refractivity contribution in [2.45, 2.75) is 18.9 Å². The van der Waals surface area contributed by atoms with E-state index in [4.69, 9.17) is 10.5 Å². The maximum atomic E-state index is 6.05. The molecule has 0 saturated carbocycles. The molecule has 0 amide bonds. The van der Waals surface area contributed by atoms with Gasteiger partial charge in [0.15, 0.2) is 11.6 Å². The van der Waals surface area contributed by atoms with E-state index in [1.165, 1.54) is 0 Å². The van der Waals surface area contributed by atoms with Crippen LogP contribution in [-0.2, 0) is 4.74 Å². The van der Waals surface area contributed by atoms with Gasteiger partial charge in [-0.1, -0.05) is 12.1 Å². The Bertz CT molecular complexity index is 587. The molecule has 1 aromatic carbocycles. The first-order chi connectivity index (χ1) is 9.28. The molecule has 19 heavy (non-hydrogen) atoms. The summed E-state index contributed by atoms with van der Waals surface area (Å²) >= 11 is 0. The van der Waals surface area contributed by atoms with Crippen molar-refractivity contribution in [3.8, 4) is 0 Å². The van der Waals surface area contributed by atoms with Crippen LogP contribution in [0.5, 0.6) is 0 Å². The number of hydrogen-bond donors (Lipinski definition) is 1. The Kier molecular flexibility index (Phi) is 3.21. The number of benzene rings is 1. The molecule has 1 aliphatic heterocycles. The summed E-state index contributed by atoms with van der Waals surface area (Å²) in [5, 5.41) is 0. The fraction of sp³-hybridized carbons (Fsp3) is 0.429. The monoisotopic (exact) mass is 258 g/mol. The van der Waals surface area contributed by atoms with Crippen LogP contribution in [0.4, 0.5) is 11.6 Å². The first-order valence-electron chi connectivity index (χ1n) is 6.58. The van der Waals surface area contributed by atoms with Gasteiger partial charge in [0.25, 0.3) is 0 Å². The predicted molar refractivity (Wildman–Crippen MR) is 76.2 cm³/mol. The second-order valence-corrected chi connectivity index (χ2v) is 4.87. The van der Waals surface area contributed by atoms with Crippen molar-refractivity contribution in [2.24, 2.45) is 0 Å². The van der Waals surface area contributed by atoms with Crippen molar-refractivity contribution in [3.63, 3.8) is 0 Å². The number of aromatic nitrogens is 2. The molecule has 0 bridgehead atoms. The van der Waals surface area contributed by atoms with Gasteiger partial charge < -0.3 is 15.4 Å². The molecular weight excluding hydrogens is 240 g/mol. The standard InChI is InChI=1S/C14H18N4O/c1-19-10-5-4-8-18(9-10)14-13(15)16-11-6-2-3-7-12(11)17-14/h2-3,6-7,10H,4-5,8-9H2,1H3,(H2,15,16). The van der Waals surface area contributed by atoms with E-state index in [0.717, 1.165) is 42.8 Å². The van der Waals surface area contributed by atoms with Crippen LogP contribution in [0.2, 0.25) is 0 Å². The van der Waals surface area contributed by atoms with E-state index in [1.807, 2.05) is 24.3 Å². The first kappa shape index (κ1) is 12.2. The molecule has 0 spiro atoms. The Morgan fingerprint density at radius 3 is 2.74 bits per heavy atom. The number of fused-ring (bicyclic) bond motifs is 1. The molecule has 1 aliphatic rings. The van der Waals surface area contributed by atoms with Crippen LogP contribution in [0, 0.1) is 0 Å². The molecule has 1 atom stereocenters. The predicted octanol–water partition coefficient (Wildman–Crippen LogP) is 1.83. The number of nitrogen functional groups attached to an aromatic ring is 1. The molecule has 100 valence electrons.